The van der Waals surface area contributed by atoms with Crippen molar-refractivity contribution in [3.8, 4) is 0 Å². The Morgan fingerprint density at radius 2 is 2.13 bits per heavy atom. The van der Waals surface area contributed by atoms with Crippen molar-refractivity contribution in [2.75, 3.05) is 6.54 Å². The molecule has 0 aromatic carbocycles. The standard InChI is InChI=1S/C14H19ClN4O4/c1-14(2,3)23-13(22)17-7-9(20)12(21)8-6-16-11-5-4-10(15)18-19(8)11/h4-6,9,12,20-21H,7H2,1-3H3,(H,17,22). The smallest absolute Gasteiger partial charge is 0.407 e. The molecule has 0 bridgehead atoms. The van der Waals surface area contributed by atoms with Gasteiger partial charge in [-0.05, 0) is 32.9 Å². The van der Waals surface area contributed by atoms with Crippen LogP contribution < -0.4 is 5.32 Å². The molecule has 8 nitrogen and oxygen atoms in total. The van der Waals surface area contributed by atoms with Gasteiger partial charge in [-0.2, -0.15) is 5.10 Å². The van der Waals surface area contributed by atoms with Gasteiger partial charge in [-0.1, -0.05) is 11.6 Å². The van der Waals surface area contributed by atoms with Crippen LogP contribution in [0, 0.1) is 0 Å². The Hall–Kier alpha value is -1.90. The Kier molecular flexibility index (Phi) is 5.08. The molecule has 0 aliphatic heterocycles. The third kappa shape index (κ3) is 4.54. The number of imidazole rings is 1. The monoisotopic (exact) mass is 342 g/mol. The van der Waals surface area contributed by atoms with Gasteiger partial charge in [0.25, 0.3) is 0 Å². The number of carbonyl (C=O) groups excluding carboxylic acids is 1. The van der Waals surface area contributed by atoms with Crippen LogP contribution >= 0.6 is 11.6 Å². The number of hydrogen-bond donors (Lipinski definition) is 3. The average molecular weight is 343 g/mol. The van der Waals surface area contributed by atoms with Crippen LogP contribution in [0.5, 0.6) is 0 Å². The highest BCUT2D eigenvalue weighted by Gasteiger charge is 2.24. The predicted molar refractivity (Wildman–Crippen MR) is 83.2 cm³/mol. The molecule has 0 saturated heterocycles. The first-order chi connectivity index (χ1) is 10.7. The molecule has 0 aliphatic rings. The molecule has 2 heterocycles. The summed E-state index contributed by atoms with van der Waals surface area (Å²) in [4.78, 5) is 15.6. The zero-order valence-electron chi connectivity index (χ0n) is 13.0. The van der Waals surface area contributed by atoms with Crippen molar-refractivity contribution in [2.24, 2.45) is 0 Å². The van der Waals surface area contributed by atoms with E-state index in [0.29, 0.717) is 5.65 Å². The number of fused-ring (bicyclic) bond motifs is 1. The summed E-state index contributed by atoms with van der Waals surface area (Å²) < 4.78 is 6.39. The van der Waals surface area contributed by atoms with Gasteiger partial charge < -0.3 is 20.3 Å². The number of rotatable bonds is 4. The molecule has 0 fully saturated rings. The number of alkyl carbamates (subject to hydrolysis) is 1. The normalized spacial score (nSPS) is 14.5. The lowest BCUT2D eigenvalue weighted by Gasteiger charge is -2.21. The van der Waals surface area contributed by atoms with Crippen LogP contribution in [0.25, 0.3) is 5.65 Å². The minimum Gasteiger partial charge on any atom is -0.444 e. The summed E-state index contributed by atoms with van der Waals surface area (Å²) in [6, 6.07) is 3.21. The zero-order chi connectivity index (χ0) is 17.2. The number of amides is 1. The molecule has 0 aliphatic carbocycles. The van der Waals surface area contributed by atoms with Crippen LogP contribution in [0.15, 0.2) is 18.3 Å². The van der Waals surface area contributed by atoms with E-state index >= 15 is 0 Å². The number of hydrogen-bond acceptors (Lipinski definition) is 6. The van der Waals surface area contributed by atoms with Crippen molar-refractivity contribution in [3.05, 3.63) is 29.2 Å². The summed E-state index contributed by atoms with van der Waals surface area (Å²) in [5.41, 5.74) is 0.104. The predicted octanol–water partition coefficient (Wildman–Crippen LogP) is 1.30. The minimum absolute atomic E-state index is 0.191. The molecule has 23 heavy (non-hydrogen) atoms. The Balaban J connectivity index is 2.03. The van der Waals surface area contributed by atoms with Gasteiger partial charge in [0.1, 0.15) is 23.0 Å². The van der Waals surface area contributed by atoms with Gasteiger partial charge in [-0.3, -0.25) is 0 Å². The van der Waals surface area contributed by atoms with Crippen LogP contribution in [0.2, 0.25) is 5.15 Å². The van der Waals surface area contributed by atoms with Crippen molar-refractivity contribution in [2.45, 2.75) is 38.6 Å². The first kappa shape index (κ1) is 17.5. The number of nitrogens with one attached hydrogen (secondary N) is 1. The number of carbonyl (C=O) groups is 1. The number of nitrogens with zero attached hydrogens (tertiary/aromatic N) is 3. The van der Waals surface area contributed by atoms with Gasteiger partial charge in [-0.25, -0.2) is 14.3 Å². The first-order valence-electron chi connectivity index (χ1n) is 7.00. The van der Waals surface area contributed by atoms with E-state index in [2.05, 4.69) is 15.4 Å². The SMILES string of the molecule is CC(C)(C)OC(=O)NCC(O)C(O)c1cnc2ccc(Cl)nn12. The molecule has 3 N–H and O–H groups in total. The summed E-state index contributed by atoms with van der Waals surface area (Å²) >= 11 is 5.82. The van der Waals surface area contributed by atoms with Crippen LogP contribution in [-0.4, -0.2) is 49.2 Å². The zero-order valence-corrected chi connectivity index (χ0v) is 13.8. The summed E-state index contributed by atoms with van der Waals surface area (Å²) in [7, 11) is 0. The van der Waals surface area contributed by atoms with Gasteiger partial charge in [0, 0.05) is 6.54 Å². The van der Waals surface area contributed by atoms with Crippen molar-refractivity contribution >= 4 is 23.3 Å². The molecular formula is C14H19ClN4O4. The molecule has 0 spiro atoms. The van der Waals surface area contributed by atoms with Crippen molar-refractivity contribution in [3.63, 3.8) is 0 Å². The molecule has 2 aromatic rings. The minimum atomic E-state index is -1.30. The summed E-state index contributed by atoms with van der Waals surface area (Å²) in [6.07, 6.45) is -1.85. The van der Waals surface area contributed by atoms with Crippen LogP contribution in [-0.2, 0) is 4.74 Å². The quantitative estimate of drug-likeness (QED) is 0.772. The summed E-state index contributed by atoms with van der Waals surface area (Å²) in [6.45, 7) is 4.99. The van der Waals surface area contributed by atoms with E-state index in [4.69, 9.17) is 16.3 Å². The molecule has 1 amide bonds. The van der Waals surface area contributed by atoms with Gasteiger partial charge in [-0.15, -0.1) is 0 Å². The highest BCUT2D eigenvalue weighted by Crippen LogP contribution is 2.18. The molecule has 2 unspecified atom stereocenters. The second kappa shape index (κ2) is 6.69. The highest BCUT2D eigenvalue weighted by molar-refractivity contribution is 6.29. The summed E-state index contributed by atoms with van der Waals surface area (Å²) in [5.74, 6) is 0. The van der Waals surface area contributed by atoms with Crippen molar-refractivity contribution < 1.29 is 19.7 Å². The Bertz CT molecular complexity index is 698. The molecule has 0 radical (unpaired) electrons. The van der Waals surface area contributed by atoms with Gasteiger partial charge in [0.2, 0.25) is 0 Å². The fraction of sp³-hybridized carbons (Fsp3) is 0.500. The van der Waals surface area contributed by atoms with E-state index < -0.39 is 23.9 Å². The highest BCUT2D eigenvalue weighted by atomic mass is 35.5. The number of halogens is 1. The lowest BCUT2D eigenvalue weighted by Crippen LogP contribution is -2.39. The number of aromatic nitrogens is 3. The largest absolute Gasteiger partial charge is 0.444 e. The van der Waals surface area contributed by atoms with Gasteiger partial charge in [0.15, 0.2) is 5.65 Å². The van der Waals surface area contributed by atoms with Crippen LogP contribution in [0.4, 0.5) is 4.79 Å². The molecule has 126 valence electrons. The van der Waals surface area contributed by atoms with Gasteiger partial charge in [0.05, 0.1) is 11.9 Å². The lowest BCUT2D eigenvalue weighted by molar-refractivity contribution is 0.0100. The molecule has 2 atom stereocenters. The average Bonchev–Trinajstić information content (AvgIpc) is 2.85. The lowest BCUT2D eigenvalue weighted by atomic mass is 10.1. The second-order valence-electron chi connectivity index (χ2n) is 6.00. The van der Waals surface area contributed by atoms with E-state index in [1.54, 1.807) is 32.9 Å². The molecule has 2 rings (SSSR count). The second-order valence-corrected chi connectivity index (χ2v) is 6.39. The topological polar surface area (TPSA) is 109 Å². The van der Waals surface area contributed by atoms with E-state index in [1.165, 1.54) is 10.7 Å². The number of aliphatic hydroxyl groups excluding tert-OH is 2. The van der Waals surface area contributed by atoms with Gasteiger partial charge >= 0.3 is 6.09 Å². The van der Waals surface area contributed by atoms with Crippen LogP contribution in [0.3, 0.4) is 0 Å². The molecule has 0 saturated carbocycles. The Morgan fingerprint density at radius 1 is 1.43 bits per heavy atom. The Morgan fingerprint density at radius 3 is 2.78 bits per heavy atom. The molecular weight excluding hydrogens is 324 g/mol. The molecule has 9 heteroatoms. The Labute approximate surface area is 138 Å². The van der Waals surface area contributed by atoms with E-state index in [1.807, 2.05) is 0 Å². The van der Waals surface area contributed by atoms with Crippen LogP contribution in [0.1, 0.15) is 32.6 Å². The maximum atomic E-state index is 11.6. The van der Waals surface area contributed by atoms with E-state index in [0.717, 1.165) is 0 Å². The first-order valence-corrected chi connectivity index (χ1v) is 7.38. The fourth-order valence-electron chi connectivity index (χ4n) is 1.88. The third-order valence-electron chi connectivity index (χ3n) is 2.88. The fourth-order valence-corrected chi connectivity index (χ4v) is 2.02. The number of ether oxygens (including phenoxy) is 1. The third-order valence-corrected chi connectivity index (χ3v) is 3.08. The van der Waals surface area contributed by atoms with Crippen molar-refractivity contribution in [1.82, 2.24) is 19.9 Å². The maximum absolute atomic E-state index is 11.6. The van der Waals surface area contributed by atoms with E-state index in [-0.39, 0.29) is 17.4 Å². The summed E-state index contributed by atoms with van der Waals surface area (Å²) in [5, 5.41) is 26.9. The van der Waals surface area contributed by atoms with Crippen molar-refractivity contribution in [1.29, 1.82) is 0 Å². The molecule has 2 aromatic heterocycles. The number of aliphatic hydroxyl groups is 2. The van der Waals surface area contributed by atoms with E-state index in [9.17, 15) is 15.0 Å². The maximum Gasteiger partial charge on any atom is 0.407 e.